The van der Waals surface area contributed by atoms with Gasteiger partial charge >= 0.3 is 12.0 Å². The Bertz CT molecular complexity index is 516. The van der Waals surface area contributed by atoms with Crippen molar-refractivity contribution in [3.63, 3.8) is 0 Å². The molecule has 1 aromatic rings. The Morgan fingerprint density at radius 1 is 1.63 bits per heavy atom. The van der Waals surface area contributed by atoms with E-state index in [9.17, 15) is 9.59 Å². The maximum Gasteiger partial charge on any atom is 0.327 e. The Balaban J connectivity index is 2.50. The molecule has 1 aromatic heterocycles. The fourth-order valence-corrected chi connectivity index (χ4v) is 1.42. The Hall–Kier alpha value is -2.49. The van der Waals surface area contributed by atoms with E-state index in [4.69, 9.17) is 11.5 Å². The summed E-state index contributed by atoms with van der Waals surface area (Å²) < 4.78 is 1.69. The van der Waals surface area contributed by atoms with Gasteiger partial charge in [-0.15, -0.1) is 12.3 Å². The summed E-state index contributed by atoms with van der Waals surface area (Å²) in [6.45, 7) is 2.15. The van der Waals surface area contributed by atoms with Gasteiger partial charge in [0.05, 0.1) is 6.20 Å². The zero-order valence-corrected chi connectivity index (χ0v) is 10.8. The third-order valence-corrected chi connectivity index (χ3v) is 2.70. The molecule has 1 heterocycles. The molecule has 1 rings (SSSR count). The molecule has 7 nitrogen and oxygen atoms in total. The van der Waals surface area contributed by atoms with Crippen LogP contribution in [0.3, 0.4) is 0 Å². The predicted molar refractivity (Wildman–Crippen MR) is 68.2 cm³/mol. The molecule has 1 atom stereocenters. The van der Waals surface area contributed by atoms with E-state index in [2.05, 4.69) is 21.7 Å². The monoisotopic (exact) mass is 264 g/mol. The molecule has 0 fully saturated rings. The highest BCUT2D eigenvalue weighted by atomic mass is 16.4. The van der Waals surface area contributed by atoms with Crippen LogP contribution in [0.25, 0.3) is 0 Å². The van der Waals surface area contributed by atoms with E-state index >= 15 is 0 Å². The van der Waals surface area contributed by atoms with Crippen molar-refractivity contribution in [3.8, 4) is 12.3 Å². The second kappa shape index (κ2) is 6.44. The van der Waals surface area contributed by atoms with Gasteiger partial charge in [0.15, 0.2) is 0 Å². The molecule has 0 bridgehead atoms. The first-order valence-electron chi connectivity index (χ1n) is 5.63. The third-order valence-electron chi connectivity index (χ3n) is 2.70. The third kappa shape index (κ3) is 4.03. The summed E-state index contributed by atoms with van der Waals surface area (Å²) in [5.74, 6) is 1.04. The first-order valence-corrected chi connectivity index (χ1v) is 5.63. The molecule has 0 saturated heterocycles. The lowest BCUT2D eigenvalue weighted by Gasteiger charge is -2.12. The lowest BCUT2D eigenvalue weighted by atomic mass is 10.2. The van der Waals surface area contributed by atoms with E-state index in [1.807, 2.05) is 6.92 Å². The molecule has 0 aliphatic carbocycles. The largest absolute Gasteiger partial charge is 0.480 e. The molecule has 2 amide bonds. The van der Waals surface area contributed by atoms with Crippen LogP contribution in [0.1, 0.15) is 17.7 Å². The zero-order valence-electron chi connectivity index (χ0n) is 10.8. The van der Waals surface area contributed by atoms with Crippen molar-refractivity contribution in [1.29, 1.82) is 0 Å². The smallest absolute Gasteiger partial charge is 0.327 e. The standard InChI is InChI=1S/C12H16N4O3/c1-4-5-10(11(17)18)15-12(19)13-6-9-7-14-16(3)8(9)2/h1,7,10H,5-6H2,2-3H3,(H,17,18)(H2,13,15,19). The Morgan fingerprint density at radius 2 is 2.32 bits per heavy atom. The quantitative estimate of drug-likeness (QED) is 0.652. The second-order valence-electron chi connectivity index (χ2n) is 4.00. The van der Waals surface area contributed by atoms with Crippen molar-refractivity contribution in [2.75, 3.05) is 0 Å². The summed E-state index contributed by atoms with van der Waals surface area (Å²) in [5.41, 5.74) is 1.79. The van der Waals surface area contributed by atoms with E-state index < -0.39 is 18.0 Å². The van der Waals surface area contributed by atoms with Gasteiger partial charge in [-0.3, -0.25) is 4.68 Å². The number of nitrogens with zero attached hydrogens (tertiary/aromatic N) is 2. The maximum atomic E-state index is 11.5. The van der Waals surface area contributed by atoms with Crippen LogP contribution >= 0.6 is 0 Å². The van der Waals surface area contributed by atoms with Gasteiger partial charge in [0.25, 0.3) is 0 Å². The molecule has 7 heteroatoms. The molecule has 0 saturated carbocycles. The van der Waals surface area contributed by atoms with E-state index in [1.54, 1.807) is 17.9 Å². The molecule has 102 valence electrons. The Kier molecular flexibility index (Phi) is 4.94. The highest BCUT2D eigenvalue weighted by Gasteiger charge is 2.18. The summed E-state index contributed by atoms with van der Waals surface area (Å²) in [6, 6.07) is -1.66. The fraction of sp³-hybridized carbons (Fsp3) is 0.417. The number of carbonyl (C=O) groups excluding carboxylic acids is 1. The van der Waals surface area contributed by atoms with Crippen molar-refractivity contribution in [2.45, 2.75) is 25.9 Å². The lowest BCUT2D eigenvalue weighted by Crippen LogP contribution is -2.45. The summed E-state index contributed by atoms with van der Waals surface area (Å²) >= 11 is 0. The summed E-state index contributed by atoms with van der Waals surface area (Å²) in [5, 5.41) is 17.7. The lowest BCUT2D eigenvalue weighted by molar-refractivity contribution is -0.139. The fourth-order valence-electron chi connectivity index (χ4n) is 1.42. The number of aryl methyl sites for hydroxylation is 1. The number of rotatable bonds is 5. The minimum absolute atomic E-state index is 0.0608. The van der Waals surface area contributed by atoms with Gasteiger partial charge in [-0.1, -0.05) is 0 Å². The molecule has 3 N–H and O–H groups in total. The second-order valence-corrected chi connectivity index (χ2v) is 4.00. The number of aromatic nitrogens is 2. The van der Waals surface area contributed by atoms with Crippen LogP contribution in [0.15, 0.2) is 6.20 Å². The molecule has 0 radical (unpaired) electrons. The van der Waals surface area contributed by atoms with E-state index in [0.717, 1.165) is 11.3 Å². The number of carbonyl (C=O) groups is 2. The Labute approximate surface area is 111 Å². The number of urea groups is 1. The number of hydrogen-bond acceptors (Lipinski definition) is 3. The highest BCUT2D eigenvalue weighted by molar-refractivity contribution is 5.82. The number of carboxylic acids is 1. The van der Waals surface area contributed by atoms with E-state index in [0.29, 0.717) is 0 Å². The van der Waals surface area contributed by atoms with Crippen LogP contribution in [-0.2, 0) is 18.4 Å². The molecular weight excluding hydrogens is 248 g/mol. The number of hydrogen-bond donors (Lipinski definition) is 3. The van der Waals surface area contributed by atoms with Crippen molar-refractivity contribution in [3.05, 3.63) is 17.5 Å². The minimum atomic E-state index is -1.16. The molecule has 19 heavy (non-hydrogen) atoms. The van der Waals surface area contributed by atoms with Gasteiger partial charge in [0.2, 0.25) is 0 Å². The van der Waals surface area contributed by atoms with Crippen LogP contribution in [0.2, 0.25) is 0 Å². The van der Waals surface area contributed by atoms with Gasteiger partial charge < -0.3 is 15.7 Å². The molecular formula is C12H16N4O3. The number of aliphatic carboxylic acids is 1. The van der Waals surface area contributed by atoms with Gasteiger partial charge in [0.1, 0.15) is 6.04 Å². The topological polar surface area (TPSA) is 96.3 Å². The summed E-state index contributed by atoms with van der Waals surface area (Å²) in [4.78, 5) is 22.3. The van der Waals surface area contributed by atoms with Gasteiger partial charge in [0, 0.05) is 31.3 Å². The molecule has 0 aliphatic heterocycles. The number of amides is 2. The van der Waals surface area contributed by atoms with Crippen LogP contribution < -0.4 is 10.6 Å². The van der Waals surface area contributed by atoms with Gasteiger partial charge in [-0.25, -0.2) is 9.59 Å². The van der Waals surface area contributed by atoms with Crippen molar-refractivity contribution >= 4 is 12.0 Å². The highest BCUT2D eigenvalue weighted by Crippen LogP contribution is 2.04. The Morgan fingerprint density at radius 3 is 2.79 bits per heavy atom. The normalized spacial score (nSPS) is 11.4. The average Bonchev–Trinajstić information content (AvgIpc) is 2.67. The summed E-state index contributed by atoms with van der Waals surface area (Å²) in [6.07, 6.45) is 6.62. The number of carboxylic acid groups (broad SMARTS) is 1. The van der Waals surface area contributed by atoms with Crippen LogP contribution in [0.4, 0.5) is 4.79 Å². The number of nitrogens with one attached hydrogen (secondary N) is 2. The van der Waals surface area contributed by atoms with Crippen molar-refractivity contribution in [1.82, 2.24) is 20.4 Å². The first kappa shape index (κ1) is 14.6. The predicted octanol–water partition coefficient (Wildman–Crippen LogP) is 0.00422. The molecule has 0 aliphatic rings. The van der Waals surface area contributed by atoms with Crippen LogP contribution in [-0.4, -0.2) is 32.9 Å². The van der Waals surface area contributed by atoms with Crippen molar-refractivity contribution < 1.29 is 14.7 Å². The first-order chi connectivity index (χ1) is 8.95. The van der Waals surface area contributed by atoms with E-state index in [-0.39, 0.29) is 13.0 Å². The van der Waals surface area contributed by atoms with Crippen LogP contribution in [0.5, 0.6) is 0 Å². The summed E-state index contributed by atoms with van der Waals surface area (Å²) in [7, 11) is 1.80. The van der Waals surface area contributed by atoms with Crippen molar-refractivity contribution in [2.24, 2.45) is 7.05 Å². The maximum absolute atomic E-state index is 11.5. The average molecular weight is 264 g/mol. The van der Waals surface area contributed by atoms with Gasteiger partial charge in [-0.05, 0) is 6.92 Å². The molecule has 0 aromatic carbocycles. The SMILES string of the molecule is C#CCC(NC(=O)NCc1cnn(C)c1C)C(=O)O. The minimum Gasteiger partial charge on any atom is -0.480 e. The molecule has 0 spiro atoms. The van der Waals surface area contributed by atoms with Gasteiger partial charge in [-0.2, -0.15) is 5.10 Å². The van der Waals surface area contributed by atoms with Crippen LogP contribution in [0, 0.1) is 19.3 Å². The number of terminal acetylenes is 1. The van der Waals surface area contributed by atoms with E-state index in [1.165, 1.54) is 0 Å². The zero-order chi connectivity index (χ0) is 14.4. The molecule has 1 unspecified atom stereocenters.